The van der Waals surface area contributed by atoms with E-state index in [0.717, 1.165) is 20.7 Å². The maximum Gasteiger partial charge on any atom is 0.101 e. The first kappa shape index (κ1) is 20.5. The van der Waals surface area contributed by atoms with Crippen LogP contribution in [0.25, 0.3) is 10.9 Å². The maximum absolute atomic E-state index is 10.3. The van der Waals surface area contributed by atoms with Crippen molar-refractivity contribution in [3.05, 3.63) is 30.5 Å². The summed E-state index contributed by atoms with van der Waals surface area (Å²) in [6.45, 7) is 2.11. The van der Waals surface area contributed by atoms with Crippen LogP contribution in [0, 0.1) is 0 Å². The van der Waals surface area contributed by atoms with Crippen molar-refractivity contribution < 1.29 is 30.1 Å². The summed E-state index contributed by atoms with van der Waals surface area (Å²) in [5.74, 6) is -1.05. The third kappa shape index (κ3) is 7.33. The van der Waals surface area contributed by atoms with E-state index in [1.165, 1.54) is 11.8 Å². The van der Waals surface area contributed by atoms with E-state index in [1.807, 2.05) is 30.5 Å². The number of carboxylic acid groups (broad SMARTS) is 1. The second-order valence-corrected chi connectivity index (χ2v) is 6.05. The Morgan fingerprint density at radius 3 is 2.21 bits per heavy atom. The van der Waals surface area contributed by atoms with Crippen LogP contribution < -0.4 is 10.0 Å². The van der Waals surface area contributed by atoms with Crippen LogP contribution in [0.4, 0.5) is 0 Å². The molecule has 0 atom stereocenters. The summed E-state index contributed by atoms with van der Waals surface area (Å²) in [5.41, 5.74) is 1.02. The standard InChI is InChI=1S/C10H9NO2S.C6H15NO3/c12-10(13)6-14-9-5-11-8-4-2-1-3-7(8)9;8-4-1-7(2-5-9)3-6-10/h1-5,11H,6H2,(H,12,13);8-10H,1-6H2. The number of aromatic amines is 1. The van der Waals surface area contributed by atoms with Crippen molar-refractivity contribution in [2.45, 2.75) is 4.90 Å². The SMILES string of the molecule is O=C([O-])CSc1c[nH]c2ccccc12.OCC[NH+](CCO)CCO. The van der Waals surface area contributed by atoms with Gasteiger partial charge in [-0.05, 0) is 6.07 Å². The van der Waals surface area contributed by atoms with Crippen molar-refractivity contribution >= 4 is 28.6 Å². The van der Waals surface area contributed by atoms with Gasteiger partial charge >= 0.3 is 0 Å². The monoisotopic (exact) mass is 356 g/mol. The molecule has 8 heteroatoms. The highest BCUT2D eigenvalue weighted by Gasteiger charge is 2.04. The number of carbonyl (C=O) groups is 1. The van der Waals surface area contributed by atoms with Crippen molar-refractivity contribution in [3.63, 3.8) is 0 Å². The van der Waals surface area contributed by atoms with Gasteiger partial charge in [0.05, 0.1) is 25.8 Å². The number of aromatic nitrogens is 1. The number of nitrogens with one attached hydrogen (secondary N) is 2. The minimum absolute atomic E-state index is 0.0121. The number of aliphatic hydroxyl groups is 3. The number of fused-ring (bicyclic) bond motifs is 1. The molecule has 7 nitrogen and oxygen atoms in total. The summed E-state index contributed by atoms with van der Waals surface area (Å²) >= 11 is 1.27. The van der Waals surface area contributed by atoms with Gasteiger partial charge in [-0.2, -0.15) is 0 Å². The Bertz CT molecular complexity index is 591. The van der Waals surface area contributed by atoms with E-state index >= 15 is 0 Å². The summed E-state index contributed by atoms with van der Waals surface area (Å²) in [5, 5.41) is 36.9. The number of aliphatic carboxylic acids is 1. The lowest BCUT2D eigenvalue weighted by Gasteiger charge is -2.15. The third-order valence-corrected chi connectivity index (χ3v) is 4.32. The van der Waals surface area contributed by atoms with Crippen LogP contribution in [0.5, 0.6) is 0 Å². The molecule has 1 aromatic carbocycles. The van der Waals surface area contributed by atoms with Crippen LogP contribution in [0.3, 0.4) is 0 Å². The van der Waals surface area contributed by atoms with E-state index in [-0.39, 0.29) is 25.6 Å². The zero-order chi connectivity index (χ0) is 17.8. The topological polar surface area (TPSA) is 121 Å². The van der Waals surface area contributed by atoms with Gasteiger partial charge in [0.15, 0.2) is 0 Å². The number of hydrogen-bond donors (Lipinski definition) is 5. The number of benzene rings is 1. The van der Waals surface area contributed by atoms with E-state index in [0.29, 0.717) is 19.6 Å². The van der Waals surface area contributed by atoms with Crippen molar-refractivity contribution in [2.24, 2.45) is 0 Å². The summed E-state index contributed by atoms with van der Waals surface area (Å²) in [7, 11) is 0. The molecule has 0 spiro atoms. The molecule has 24 heavy (non-hydrogen) atoms. The molecule has 0 aliphatic heterocycles. The number of para-hydroxylation sites is 1. The molecule has 134 valence electrons. The first-order valence-corrected chi connectivity index (χ1v) is 8.65. The van der Waals surface area contributed by atoms with Gasteiger partial charge < -0.3 is 35.1 Å². The van der Waals surface area contributed by atoms with Gasteiger partial charge in [0.25, 0.3) is 0 Å². The molecule has 0 saturated carbocycles. The van der Waals surface area contributed by atoms with Gasteiger partial charge in [-0.25, -0.2) is 0 Å². The molecule has 0 fully saturated rings. The molecule has 1 aromatic heterocycles. The second-order valence-electron chi connectivity index (χ2n) is 5.03. The molecule has 0 bridgehead atoms. The zero-order valence-electron chi connectivity index (χ0n) is 13.4. The van der Waals surface area contributed by atoms with Crippen LogP contribution in [-0.2, 0) is 4.79 Å². The Morgan fingerprint density at radius 2 is 1.67 bits per heavy atom. The first-order valence-electron chi connectivity index (χ1n) is 7.67. The average molecular weight is 356 g/mol. The largest absolute Gasteiger partial charge is 0.549 e. The molecule has 2 aromatic rings. The summed E-state index contributed by atoms with van der Waals surface area (Å²) < 4.78 is 0. The van der Waals surface area contributed by atoms with E-state index in [4.69, 9.17) is 15.3 Å². The molecule has 1 heterocycles. The Hall–Kier alpha value is -1.58. The Morgan fingerprint density at radius 1 is 1.08 bits per heavy atom. The Balaban J connectivity index is 0.000000257. The maximum atomic E-state index is 10.3. The summed E-state index contributed by atoms with van der Waals surface area (Å²) in [4.78, 5) is 15.3. The zero-order valence-corrected chi connectivity index (χ0v) is 14.2. The van der Waals surface area contributed by atoms with Crippen LogP contribution in [0.1, 0.15) is 0 Å². The van der Waals surface area contributed by atoms with Gasteiger partial charge in [0.2, 0.25) is 0 Å². The summed E-state index contributed by atoms with van der Waals surface area (Å²) in [6.07, 6.45) is 1.82. The van der Waals surface area contributed by atoms with Gasteiger partial charge in [-0.15, -0.1) is 11.8 Å². The molecule has 0 saturated heterocycles. The van der Waals surface area contributed by atoms with E-state index in [9.17, 15) is 9.90 Å². The van der Waals surface area contributed by atoms with Crippen molar-refractivity contribution in [2.75, 3.05) is 45.2 Å². The molecule has 0 radical (unpaired) electrons. The molecule has 0 aliphatic carbocycles. The third-order valence-electron chi connectivity index (χ3n) is 3.29. The second kappa shape index (κ2) is 11.9. The fourth-order valence-corrected chi connectivity index (χ4v) is 2.90. The molecular weight excluding hydrogens is 332 g/mol. The van der Waals surface area contributed by atoms with E-state index in [1.54, 1.807) is 0 Å². The van der Waals surface area contributed by atoms with Gasteiger partial charge in [0, 0.05) is 27.7 Å². The van der Waals surface area contributed by atoms with E-state index in [2.05, 4.69) is 4.98 Å². The normalized spacial score (nSPS) is 10.7. The highest BCUT2D eigenvalue weighted by atomic mass is 32.2. The fourth-order valence-electron chi connectivity index (χ4n) is 2.15. The van der Waals surface area contributed by atoms with Crippen LogP contribution in [0.15, 0.2) is 35.4 Å². The van der Waals surface area contributed by atoms with Gasteiger partial charge in [-0.1, -0.05) is 18.2 Å². The number of carboxylic acids is 1. The highest BCUT2D eigenvalue weighted by Crippen LogP contribution is 2.26. The number of aliphatic hydroxyl groups excluding tert-OH is 3. The number of hydrogen-bond acceptors (Lipinski definition) is 6. The molecule has 5 N–H and O–H groups in total. The predicted octanol–water partition coefficient (Wildman–Crippen LogP) is -2.14. The van der Waals surface area contributed by atoms with Crippen LogP contribution in [0.2, 0.25) is 0 Å². The van der Waals surface area contributed by atoms with Crippen molar-refractivity contribution in [1.29, 1.82) is 0 Å². The molecule has 0 unspecified atom stereocenters. The van der Waals surface area contributed by atoms with Crippen molar-refractivity contribution in [3.8, 4) is 0 Å². The smallest absolute Gasteiger partial charge is 0.101 e. The number of carbonyl (C=O) groups excluding carboxylic acids is 1. The molecule has 2 rings (SSSR count). The van der Waals surface area contributed by atoms with Crippen molar-refractivity contribution in [1.82, 2.24) is 4.98 Å². The number of quaternary nitrogens is 1. The highest BCUT2D eigenvalue weighted by molar-refractivity contribution is 8.00. The molecule has 0 aliphatic rings. The lowest BCUT2D eigenvalue weighted by atomic mass is 10.2. The predicted molar refractivity (Wildman–Crippen MR) is 90.9 cm³/mol. The summed E-state index contributed by atoms with van der Waals surface area (Å²) in [6, 6.07) is 7.78. The van der Waals surface area contributed by atoms with E-state index < -0.39 is 5.97 Å². The minimum atomic E-state index is -1.04. The lowest BCUT2D eigenvalue weighted by molar-refractivity contribution is -0.901. The number of H-pyrrole nitrogens is 1. The Kier molecular flexibility index (Phi) is 10.1. The lowest BCUT2D eigenvalue weighted by Crippen LogP contribution is -3.13. The fraction of sp³-hybridized carbons (Fsp3) is 0.438. The molecular formula is C16H24N2O5S. The minimum Gasteiger partial charge on any atom is -0.549 e. The average Bonchev–Trinajstić information content (AvgIpc) is 2.97. The molecule has 0 amide bonds. The quantitative estimate of drug-likeness (QED) is 0.327. The number of thioether (sulfide) groups is 1. The Labute approximate surface area is 144 Å². The number of rotatable bonds is 9. The van der Waals surface area contributed by atoms with Crippen LogP contribution >= 0.6 is 11.8 Å². The van der Waals surface area contributed by atoms with Gasteiger partial charge in [-0.3, -0.25) is 0 Å². The first-order chi connectivity index (χ1) is 11.6. The van der Waals surface area contributed by atoms with Gasteiger partial charge in [0.1, 0.15) is 19.6 Å². The van der Waals surface area contributed by atoms with Crippen LogP contribution in [-0.4, -0.2) is 71.5 Å².